The Morgan fingerprint density at radius 3 is 2.07 bits per heavy atom. The summed E-state index contributed by atoms with van der Waals surface area (Å²) in [6, 6.07) is 15.0. The third kappa shape index (κ3) is 7.45. The van der Waals surface area contributed by atoms with Crippen LogP contribution in [-0.2, 0) is 27.4 Å². The van der Waals surface area contributed by atoms with Crippen molar-refractivity contribution in [2.45, 2.75) is 33.0 Å². The number of urea groups is 1. The van der Waals surface area contributed by atoms with E-state index in [-0.39, 0.29) is 18.0 Å². The van der Waals surface area contributed by atoms with Crippen molar-refractivity contribution in [1.29, 1.82) is 0 Å². The summed E-state index contributed by atoms with van der Waals surface area (Å²) in [4.78, 5) is 46.9. The maximum atomic E-state index is 12.2. The molecule has 0 bridgehead atoms. The summed E-state index contributed by atoms with van der Waals surface area (Å²) in [5.41, 5.74) is 1.96. The zero-order chi connectivity index (χ0) is 21.2. The van der Waals surface area contributed by atoms with Gasteiger partial charge in [0.15, 0.2) is 6.10 Å². The summed E-state index contributed by atoms with van der Waals surface area (Å²) < 4.78 is 5.10. The number of imide groups is 1. The summed E-state index contributed by atoms with van der Waals surface area (Å²) in [5.74, 6) is -1.57. The van der Waals surface area contributed by atoms with Crippen LogP contribution in [-0.4, -0.2) is 29.9 Å². The largest absolute Gasteiger partial charge is 0.449 e. The average Bonchev–Trinajstić information content (AvgIpc) is 2.71. The molecule has 2 aromatic rings. The van der Waals surface area contributed by atoms with Crippen LogP contribution in [0.1, 0.15) is 35.3 Å². The molecule has 0 saturated carbocycles. The normalized spacial score (nSPS) is 11.1. The molecule has 0 aliphatic heterocycles. The zero-order valence-electron chi connectivity index (χ0n) is 16.2. The van der Waals surface area contributed by atoms with Gasteiger partial charge in [0.1, 0.15) is 0 Å². The number of carbonyl (C=O) groups is 4. The van der Waals surface area contributed by atoms with Gasteiger partial charge in [0.2, 0.25) is 5.91 Å². The summed E-state index contributed by atoms with van der Waals surface area (Å²) >= 11 is 0. The first-order valence-electron chi connectivity index (χ1n) is 9.02. The predicted octanol–water partition coefficient (Wildman–Crippen LogP) is 1.89. The van der Waals surface area contributed by atoms with Crippen molar-refractivity contribution >= 4 is 23.8 Å². The third-order valence-electron chi connectivity index (χ3n) is 3.92. The van der Waals surface area contributed by atoms with E-state index in [2.05, 4.69) is 16.0 Å². The van der Waals surface area contributed by atoms with Crippen LogP contribution in [0.5, 0.6) is 0 Å². The Labute approximate surface area is 168 Å². The Morgan fingerprint density at radius 2 is 1.45 bits per heavy atom. The summed E-state index contributed by atoms with van der Waals surface area (Å²) in [6.07, 6.45) is -1.15. The maximum Gasteiger partial charge on any atom is 0.338 e. The lowest BCUT2D eigenvalue weighted by Gasteiger charge is -2.13. The number of esters is 1. The standard InChI is InChI=1S/C21H23N3O5/c1-14(19(26)24-21(28)23-13-16-6-4-3-5-7-16)29-20(27)18-10-8-17(9-11-18)12-22-15(2)25/h3-11,14H,12-13H2,1-2H3,(H,22,25)(H2,23,24,26,28). The lowest BCUT2D eigenvalue weighted by atomic mass is 10.1. The molecule has 4 amide bonds. The summed E-state index contributed by atoms with van der Waals surface area (Å²) in [5, 5.41) is 7.34. The second-order valence-corrected chi connectivity index (χ2v) is 6.31. The molecule has 2 rings (SSSR count). The molecule has 2 aromatic carbocycles. The van der Waals surface area contributed by atoms with Gasteiger partial charge < -0.3 is 15.4 Å². The molecule has 0 saturated heterocycles. The molecule has 0 heterocycles. The molecule has 0 aromatic heterocycles. The first-order valence-corrected chi connectivity index (χ1v) is 9.02. The highest BCUT2D eigenvalue weighted by atomic mass is 16.5. The molecule has 1 unspecified atom stereocenters. The number of ether oxygens (including phenoxy) is 1. The lowest BCUT2D eigenvalue weighted by molar-refractivity contribution is -0.128. The van der Waals surface area contributed by atoms with Crippen LogP contribution in [0, 0.1) is 0 Å². The fourth-order valence-corrected chi connectivity index (χ4v) is 2.30. The highest BCUT2D eigenvalue weighted by Gasteiger charge is 2.20. The zero-order valence-corrected chi connectivity index (χ0v) is 16.2. The first-order chi connectivity index (χ1) is 13.8. The van der Waals surface area contributed by atoms with Crippen LogP contribution in [0.25, 0.3) is 0 Å². The molecule has 0 fully saturated rings. The molecule has 0 spiro atoms. The van der Waals surface area contributed by atoms with Crippen molar-refractivity contribution in [3.63, 3.8) is 0 Å². The Morgan fingerprint density at radius 1 is 0.862 bits per heavy atom. The number of carbonyl (C=O) groups excluding carboxylic acids is 4. The fraction of sp³-hybridized carbons (Fsp3) is 0.238. The van der Waals surface area contributed by atoms with Gasteiger partial charge in [0.05, 0.1) is 5.56 Å². The smallest absolute Gasteiger partial charge is 0.338 e. The van der Waals surface area contributed by atoms with Gasteiger partial charge in [-0.25, -0.2) is 9.59 Å². The molecule has 8 heteroatoms. The van der Waals surface area contributed by atoms with E-state index in [1.807, 2.05) is 30.3 Å². The van der Waals surface area contributed by atoms with E-state index in [0.29, 0.717) is 6.54 Å². The second-order valence-electron chi connectivity index (χ2n) is 6.31. The molecule has 29 heavy (non-hydrogen) atoms. The van der Waals surface area contributed by atoms with Crippen LogP contribution >= 0.6 is 0 Å². The van der Waals surface area contributed by atoms with E-state index in [4.69, 9.17) is 4.74 Å². The monoisotopic (exact) mass is 397 g/mol. The summed E-state index contributed by atoms with van der Waals surface area (Å²) in [6.45, 7) is 3.41. The number of benzene rings is 2. The Kier molecular flexibility index (Phi) is 7.90. The molecule has 0 aliphatic rings. The number of amides is 4. The number of hydrogen-bond acceptors (Lipinski definition) is 5. The van der Waals surface area contributed by atoms with Crippen LogP contribution in [0.3, 0.4) is 0 Å². The van der Waals surface area contributed by atoms with E-state index in [1.165, 1.54) is 26.0 Å². The van der Waals surface area contributed by atoms with Gasteiger partial charge >= 0.3 is 12.0 Å². The average molecular weight is 397 g/mol. The minimum Gasteiger partial charge on any atom is -0.449 e. The topological polar surface area (TPSA) is 114 Å². The highest BCUT2D eigenvalue weighted by molar-refractivity contribution is 5.98. The van der Waals surface area contributed by atoms with Gasteiger partial charge in [-0.3, -0.25) is 14.9 Å². The lowest BCUT2D eigenvalue weighted by Crippen LogP contribution is -2.44. The minimum atomic E-state index is -1.15. The Hall–Kier alpha value is -3.68. The number of nitrogens with one attached hydrogen (secondary N) is 3. The van der Waals surface area contributed by atoms with Crippen molar-refractivity contribution in [2.75, 3.05) is 0 Å². The van der Waals surface area contributed by atoms with Crippen LogP contribution < -0.4 is 16.0 Å². The highest BCUT2D eigenvalue weighted by Crippen LogP contribution is 2.08. The van der Waals surface area contributed by atoms with E-state index in [9.17, 15) is 19.2 Å². The predicted molar refractivity (Wildman–Crippen MR) is 106 cm³/mol. The van der Waals surface area contributed by atoms with Gasteiger partial charge in [-0.05, 0) is 30.2 Å². The minimum absolute atomic E-state index is 0.152. The second kappa shape index (κ2) is 10.6. The van der Waals surface area contributed by atoms with Gasteiger partial charge in [0, 0.05) is 20.0 Å². The van der Waals surface area contributed by atoms with E-state index >= 15 is 0 Å². The summed E-state index contributed by atoms with van der Waals surface area (Å²) in [7, 11) is 0. The molecule has 1 atom stereocenters. The van der Waals surface area contributed by atoms with Crippen molar-refractivity contribution in [3.8, 4) is 0 Å². The number of hydrogen-bond donors (Lipinski definition) is 3. The van der Waals surface area contributed by atoms with E-state index < -0.39 is 24.0 Å². The SMILES string of the molecule is CC(=O)NCc1ccc(C(=O)OC(C)C(=O)NC(=O)NCc2ccccc2)cc1. The quantitative estimate of drug-likeness (QED) is 0.618. The Balaban J connectivity index is 1.79. The van der Waals surface area contributed by atoms with Crippen LogP contribution in [0.2, 0.25) is 0 Å². The van der Waals surface area contributed by atoms with Crippen molar-refractivity contribution in [2.24, 2.45) is 0 Å². The van der Waals surface area contributed by atoms with Crippen molar-refractivity contribution in [1.82, 2.24) is 16.0 Å². The van der Waals surface area contributed by atoms with E-state index in [0.717, 1.165) is 11.1 Å². The first kappa shape index (κ1) is 21.6. The molecule has 0 aliphatic carbocycles. The molecule has 0 radical (unpaired) electrons. The van der Waals surface area contributed by atoms with Crippen molar-refractivity contribution in [3.05, 3.63) is 71.3 Å². The van der Waals surface area contributed by atoms with Crippen LogP contribution in [0.15, 0.2) is 54.6 Å². The maximum absolute atomic E-state index is 12.2. The fourth-order valence-electron chi connectivity index (χ4n) is 2.30. The molecular formula is C21H23N3O5. The van der Waals surface area contributed by atoms with Gasteiger partial charge in [-0.1, -0.05) is 42.5 Å². The van der Waals surface area contributed by atoms with Gasteiger partial charge in [-0.2, -0.15) is 0 Å². The molecule has 8 nitrogen and oxygen atoms in total. The molecule has 152 valence electrons. The molecule has 3 N–H and O–H groups in total. The van der Waals surface area contributed by atoms with E-state index in [1.54, 1.807) is 12.1 Å². The van der Waals surface area contributed by atoms with Crippen molar-refractivity contribution < 1.29 is 23.9 Å². The Bertz CT molecular complexity index is 866. The number of rotatable bonds is 7. The van der Waals surface area contributed by atoms with Crippen LogP contribution in [0.4, 0.5) is 4.79 Å². The third-order valence-corrected chi connectivity index (χ3v) is 3.92. The van der Waals surface area contributed by atoms with Gasteiger partial charge in [0.25, 0.3) is 5.91 Å². The molecular weight excluding hydrogens is 374 g/mol. The van der Waals surface area contributed by atoms with Gasteiger partial charge in [-0.15, -0.1) is 0 Å².